The molecule has 1 aromatic heterocycles. The lowest BCUT2D eigenvalue weighted by molar-refractivity contribution is 0.820. The molecule has 0 spiro atoms. The van der Waals surface area contributed by atoms with E-state index in [1.165, 1.54) is 5.56 Å². The quantitative estimate of drug-likeness (QED) is 0.679. The van der Waals surface area contributed by atoms with Gasteiger partial charge < -0.3 is 4.90 Å². The minimum Gasteiger partial charge on any atom is -0.354 e. The van der Waals surface area contributed by atoms with Gasteiger partial charge >= 0.3 is 0 Å². The van der Waals surface area contributed by atoms with E-state index in [4.69, 9.17) is 4.98 Å². The first kappa shape index (κ1) is 19.6. The fraction of sp³-hybridized carbons (Fsp3) is 0.381. The summed E-state index contributed by atoms with van der Waals surface area (Å²) in [6.45, 7) is 5.91. The lowest BCUT2D eigenvalue weighted by Crippen LogP contribution is -2.34. The second-order valence-electron chi connectivity index (χ2n) is 6.32. The monoisotopic (exact) mass is 394 g/mol. The average Bonchev–Trinajstić information content (AvgIpc) is 2.73. The molecule has 1 unspecified atom stereocenters. The molecule has 0 radical (unpaired) electrons. The van der Waals surface area contributed by atoms with Crippen molar-refractivity contribution in [2.24, 2.45) is 0 Å². The predicted octanol–water partition coefficient (Wildman–Crippen LogP) is 4.79. The Morgan fingerprint density at radius 3 is 2.41 bits per heavy atom. The number of hydrogen-bond acceptors (Lipinski definition) is 6. The molecule has 27 heavy (non-hydrogen) atoms. The van der Waals surface area contributed by atoms with Crippen LogP contribution < -0.4 is 4.90 Å². The standard InChI is InChI=1S/C21H22N4S2/c1-3-17-18(13-22)20(25-9-11-26-12-10-25)24-21(19(17)14-23)27-15(2)16-7-5-4-6-8-16/h4-8,15H,3,9-12H2,1-2H3. The Morgan fingerprint density at radius 1 is 1.15 bits per heavy atom. The van der Waals surface area contributed by atoms with Gasteiger partial charge in [-0.2, -0.15) is 22.3 Å². The summed E-state index contributed by atoms with van der Waals surface area (Å²) < 4.78 is 0. The first-order valence-electron chi connectivity index (χ1n) is 9.11. The number of hydrogen-bond donors (Lipinski definition) is 0. The van der Waals surface area contributed by atoms with Crippen LogP contribution >= 0.6 is 23.5 Å². The van der Waals surface area contributed by atoms with Gasteiger partial charge in [-0.3, -0.25) is 0 Å². The molecule has 4 nitrogen and oxygen atoms in total. The number of pyridine rings is 1. The molecule has 6 heteroatoms. The van der Waals surface area contributed by atoms with E-state index in [9.17, 15) is 10.5 Å². The summed E-state index contributed by atoms with van der Waals surface area (Å²) in [6, 6.07) is 14.9. The summed E-state index contributed by atoms with van der Waals surface area (Å²) in [4.78, 5) is 7.05. The van der Waals surface area contributed by atoms with E-state index >= 15 is 0 Å². The van der Waals surface area contributed by atoms with E-state index in [1.54, 1.807) is 11.8 Å². The number of nitrogens with zero attached hydrogens (tertiary/aromatic N) is 4. The number of aromatic nitrogens is 1. The van der Waals surface area contributed by atoms with Crippen LogP contribution in [-0.2, 0) is 6.42 Å². The maximum absolute atomic E-state index is 9.81. The van der Waals surface area contributed by atoms with E-state index in [1.807, 2.05) is 36.9 Å². The fourth-order valence-electron chi connectivity index (χ4n) is 3.23. The Morgan fingerprint density at radius 2 is 1.81 bits per heavy atom. The highest BCUT2D eigenvalue weighted by Gasteiger charge is 2.25. The number of thioether (sulfide) groups is 2. The van der Waals surface area contributed by atoms with E-state index in [-0.39, 0.29) is 5.25 Å². The molecule has 1 aliphatic rings. The Balaban J connectivity index is 2.06. The predicted molar refractivity (Wildman–Crippen MR) is 113 cm³/mol. The highest BCUT2D eigenvalue weighted by Crippen LogP contribution is 2.39. The largest absolute Gasteiger partial charge is 0.354 e. The van der Waals surface area contributed by atoms with E-state index in [2.05, 4.69) is 36.1 Å². The second-order valence-corrected chi connectivity index (χ2v) is 8.87. The van der Waals surface area contributed by atoms with Crippen molar-refractivity contribution in [3.63, 3.8) is 0 Å². The molecule has 0 aliphatic carbocycles. The van der Waals surface area contributed by atoms with Crippen molar-refractivity contribution in [1.29, 1.82) is 10.5 Å². The van der Waals surface area contributed by atoms with Gasteiger partial charge in [-0.1, -0.05) is 49.0 Å². The molecule has 0 amide bonds. The molecule has 1 atom stereocenters. The molecule has 1 saturated heterocycles. The number of nitriles is 2. The summed E-state index contributed by atoms with van der Waals surface area (Å²) in [5, 5.41) is 20.5. The van der Waals surface area contributed by atoms with Crippen LogP contribution in [0.1, 0.15) is 41.4 Å². The zero-order valence-electron chi connectivity index (χ0n) is 15.6. The molecular formula is C21H22N4S2. The Bertz CT molecular complexity index is 878. The van der Waals surface area contributed by atoms with Crippen LogP contribution in [0.25, 0.3) is 0 Å². The molecule has 1 aromatic carbocycles. The molecular weight excluding hydrogens is 372 g/mol. The van der Waals surface area contributed by atoms with Crippen LogP contribution in [-0.4, -0.2) is 29.6 Å². The Hall–Kier alpha value is -2.15. The van der Waals surface area contributed by atoms with Gasteiger partial charge in [0, 0.05) is 29.8 Å². The van der Waals surface area contributed by atoms with E-state index in [0.29, 0.717) is 17.5 Å². The van der Waals surface area contributed by atoms with Gasteiger partial charge in [-0.05, 0) is 24.5 Å². The smallest absolute Gasteiger partial charge is 0.148 e. The highest BCUT2D eigenvalue weighted by molar-refractivity contribution is 7.99. The molecule has 0 bridgehead atoms. The summed E-state index contributed by atoms with van der Waals surface area (Å²) in [5.41, 5.74) is 3.15. The average molecular weight is 395 g/mol. The Kier molecular flexibility index (Phi) is 6.66. The molecule has 0 N–H and O–H groups in total. The SMILES string of the molecule is CCc1c(C#N)c(SC(C)c2ccccc2)nc(N2CCSCC2)c1C#N. The molecule has 3 rings (SSSR count). The summed E-state index contributed by atoms with van der Waals surface area (Å²) in [6.07, 6.45) is 0.650. The van der Waals surface area contributed by atoms with E-state index in [0.717, 1.165) is 41.0 Å². The minimum atomic E-state index is 0.174. The van der Waals surface area contributed by atoms with Crippen molar-refractivity contribution in [2.45, 2.75) is 30.5 Å². The molecule has 1 fully saturated rings. The molecule has 2 heterocycles. The fourth-order valence-corrected chi connectivity index (χ4v) is 5.19. The third-order valence-corrected chi connectivity index (χ3v) is 6.78. The number of rotatable bonds is 5. The zero-order valence-corrected chi connectivity index (χ0v) is 17.2. The summed E-state index contributed by atoms with van der Waals surface area (Å²) in [5.74, 6) is 2.82. The first-order valence-corrected chi connectivity index (χ1v) is 11.1. The normalized spacial score (nSPS) is 15.0. The minimum absolute atomic E-state index is 0.174. The molecule has 2 aromatic rings. The number of benzene rings is 1. The van der Waals surface area contributed by atoms with Gasteiger partial charge in [0.2, 0.25) is 0 Å². The lowest BCUT2D eigenvalue weighted by atomic mass is 10.0. The van der Waals surface area contributed by atoms with Crippen LogP contribution in [0.3, 0.4) is 0 Å². The second kappa shape index (κ2) is 9.17. The van der Waals surface area contributed by atoms with Gasteiger partial charge in [0.05, 0.1) is 11.1 Å². The first-order chi connectivity index (χ1) is 13.2. The van der Waals surface area contributed by atoms with E-state index < -0.39 is 0 Å². The topological polar surface area (TPSA) is 63.7 Å². The lowest BCUT2D eigenvalue weighted by Gasteiger charge is -2.29. The highest BCUT2D eigenvalue weighted by atomic mass is 32.2. The molecule has 1 aliphatic heterocycles. The van der Waals surface area contributed by atoms with Crippen LogP contribution in [0.5, 0.6) is 0 Å². The molecule has 0 saturated carbocycles. The van der Waals surface area contributed by atoms with Crippen LogP contribution in [0.15, 0.2) is 35.4 Å². The van der Waals surface area contributed by atoms with Crippen molar-refractivity contribution < 1.29 is 0 Å². The van der Waals surface area contributed by atoms with Crippen LogP contribution in [0, 0.1) is 22.7 Å². The van der Waals surface area contributed by atoms with Gasteiger partial charge in [0.1, 0.15) is 23.0 Å². The molecule has 138 valence electrons. The van der Waals surface area contributed by atoms with Crippen molar-refractivity contribution in [3.05, 3.63) is 52.6 Å². The summed E-state index contributed by atoms with van der Waals surface area (Å²) >= 11 is 3.53. The van der Waals surface area contributed by atoms with Crippen LogP contribution in [0.4, 0.5) is 5.82 Å². The van der Waals surface area contributed by atoms with Crippen molar-refractivity contribution >= 4 is 29.3 Å². The maximum Gasteiger partial charge on any atom is 0.148 e. The van der Waals surface area contributed by atoms with Crippen molar-refractivity contribution in [1.82, 2.24) is 4.98 Å². The van der Waals surface area contributed by atoms with Crippen molar-refractivity contribution in [3.8, 4) is 12.1 Å². The maximum atomic E-state index is 9.81. The third-order valence-electron chi connectivity index (χ3n) is 4.69. The van der Waals surface area contributed by atoms with Gasteiger partial charge in [-0.25, -0.2) is 4.98 Å². The van der Waals surface area contributed by atoms with Crippen molar-refractivity contribution in [2.75, 3.05) is 29.5 Å². The van der Waals surface area contributed by atoms with Crippen LogP contribution in [0.2, 0.25) is 0 Å². The third kappa shape index (κ3) is 4.24. The summed E-state index contributed by atoms with van der Waals surface area (Å²) in [7, 11) is 0. The van der Waals surface area contributed by atoms with Gasteiger partial charge in [0.15, 0.2) is 0 Å². The van der Waals surface area contributed by atoms with Gasteiger partial charge in [0.25, 0.3) is 0 Å². The zero-order chi connectivity index (χ0) is 19.2. The van der Waals surface area contributed by atoms with Gasteiger partial charge in [-0.15, -0.1) is 0 Å². The number of anilines is 1. The Labute approximate surface area is 169 Å².